The van der Waals surface area contributed by atoms with Crippen molar-refractivity contribution in [1.29, 1.82) is 0 Å². The molecule has 0 atom stereocenters. The van der Waals surface area contributed by atoms with E-state index in [1.807, 2.05) is 26.0 Å². The topological polar surface area (TPSA) is 66.7 Å². The van der Waals surface area contributed by atoms with E-state index in [0.29, 0.717) is 18.0 Å². The maximum absolute atomic E-state index is 12.8. The van der Waals surface area contributed by atoms with Crippen LogP contribution in [0.4, 0.5) is 0 Å². The molecule has 1 fully saturated rings. The molecule has 1 aliphatic heterocycles. The first kappa shape index (κ1) is 17.1. The zero-order chi connectivity index (χ0) is 17.3. The van der Waals surface area contributed by atoms with Crippen LogP contribution in [-0.2, 0) is 10.0 Å². The third-order valence-corrected chi connectivity index (χ3v) is 6.51. The van der Waals surface area contributed by atoms with Gasteiger partial charge < -0.3 is 9.42 Å². The Kier molecular flexibility index (Phi) is 4.76. The van der Waals surface area contributed by atoms with Gasteiger partial charge in [0.15, 0.2) is 0 Å². The van der Waals surface area contributed by atoms with Gasteiger partial charge in [-0.1, -0.05) is 24.2 Å². The Morgan fingerprint density at radius 3 is 2.21 bits per heavy atom. The molecule has 0 aliphatic carbocycles. The van der Waals surface area contributed by atoms with Crippen LogP contribution in [0.3, 0.4) is 0 Å². The summed E-state index contributed by atoms with van der Waals surface area (Å²) in [7, 11) is -3.43. The molecule has 1 aromatic carbocycles. The minimum atomic E-state index is -3.43. The van der Waals surface area contributed by atoms with Crippen molar-refractivity contribution < 1.29 is 12.9 Å². The minimum Gasteiger partial charge on any atom is -0.361 e. The molecule has 6 nitrogen and oxygen atoms in total. The number of hydrogen-bond donors (Lipinski definition) is 0. The van der Waals surface area contributed by atoms with Crippen LogP contribution in [0.2, 0.25) is 0 Å². The van der Waals surface area contributed by atoms with Crippen LogP contribution in [0, 0.1) is 13.8 Å². The number of aryl methyl sites for hydroxylation is 2. The summed E-state index contributed by atoms with van der Waals surface area (Å²) < 4.78 is 32.3. The zero-order valence-corrected chi connectivity index (χ0v) is 15.1. The van der Waals surface area contributed by atoms with E-state index < -0.39 is 10.0 Å². The van der Waals surface area contributed by atoms with Gasteiger partial charge in [-0.3, -0.25) is 0 Å². The molecule has 1 aromatic heterocycles. The van der Waals surface area contributed by atoms with Crippen molar-refractivity contribution in [2.45, 2.75) is 25.7 Å². The fourth-order valence-electron chi connectivity index (χ4n) is 3.12. The molecule has 1 aliphatic rings. The number of piperazine rings is 1. The van der Waals surface area contributed by atoms with Crippen molar-refractivity contribution in [2.24, 2.45) is 0 Å². The van der Waals surface area contributed by atoms with Crippen molar-refractivity contribution >= 4 is 10.0 Å². The predicted molar refractivity (Wildman–Crippen MR) is 92.3 cm³/mol. The number of rotatable bonds is 4. The molecule has 0 N–H and O–H groups in total. The largest absolute Gasteiger partial charge is 0.361 e. The van der Waals surface area contributed by atoms with Gasteiger partial charge in [-0.2, -0.15) is 4.31 Å². The highest BCUT2D eigenvalue weighted by Gasteiger charge is 2.28. The first-order valence-corrected chi connectivity index (χ1v) is 9.63. The van der Waals surface area contributed by atoms with Gasteiger partial charge in [-0.25, -0.2) is 8.42 Å². The Hall–Kier alpha value is -1.70. The van der Waals surface area contributed by atoms with Gasteiger partial charge in [-0.15, -0.1) is 0 Å². The Morgan fingerprint density at radius 1 is 1.08 bits per heavy atom. The lowest BCUT2D eigenvalue weighted by molar-refractivity contribution is 0.196. The van der Waals surface area contributed by atoms with E-state index in [0.717, 1.165) is 42.2 Å². The van der Waals surface area contributed by atoms with Gasteiger partial charge in [0.05, 0.1) is 10.6 Å². The number of likely N-dealkylation sites (N-methyl/N-ethyl adjacent to an activating group) is 1. The van der Waals surface area contributed by atoms with Crippen LogP contribution in [0.15, 0.2) is 33.7 Å². The maximum atomic E-state index is 12.8. The van der Waals surface area contributed by atoms with E-state index in [1.165, 1.54) is 0 Å². The second-order valence-electron chi connectivity index (χ2n) is 6.06. The summed E-state index contributed by atoms with van der Waals surface area (Å²) in [6.45, 7) is 9.44. The molecule has 0 radical (unpaired) electrons. The van der Waals surface area contributed by atoms with Crippen LogP contribution in [-0.4, -0.2) is 55.5 Å². The van der Waals surface area contributed by atoms with E-state index >= 15 is 0 Å². The average molecular weight is 349 g/mol. The number of aromatic nitrogens is 1. The molecule has 1 saturated heterocycles. The van der Waals surface area contributed by atoms with Gasteiger partial charge in [0.2, 0.25) is 10.0 Å². The lowest BCUT2D eigenvalue weighted by Gasteiger charge is -2.33. The Labute approximate surface area is 143 Å². The molecule has 0 bridgehead atoms. The van der Waals surface area contributed by atoms with Gasteiger partial charge >= 0.3 is 0 Å². The van der Waals surface area contributed by atoms with Crippen molar-refractivity contribution in [1.82, 2.24) is 14.4 Å². The highest BCUT2D eigenvalue weighted by atomic mass is 32.2. The van der Waals surface area contributed by atoms with E-state index in [2.05, 4.69) is 17.0 Å². The first-order chi connectivity index (χ1) is 11.4. The smallest absolute Gasteiger partial charge is 0.243 e. The molecule has 7 heteroatoms. The molecule has 0 saturated carbocycles. The molecule has 130 valence electrons. The van der Waals surface area contributed by atoms with E-state index in [4.69, 9.17) is 4.52 Å². The summed E-state index contributed by atoms with van der Waals surface area (Å²) in [6.07, 6.45) is 0. The lowest BCUT2D eigenvalue weighted by atomic mass is 10.0. The summed E-state index contributed by atoms with van der Waals surface area (Å²) >= 11 is 0. The number of hydrogen-bond acceptors (Lipinski definition) is 5. The second kappa shape index (κ2) is 6.66. The quantitative estimate of drug-likeness (QED) is 0.847. The van der Waals surface area contributed by atoms with Crippen LogP contribution in [0.5, 0.6) is 0 Å². The SMILES string of the molecule is CCN1CCN(S(=O)(=O)c2ccc(-c3c(C)noc3C)cc2)CC1. The second-order valence-corrected chi connectivity index (χ2v) is 8.00. The van der Waals surface area contributed by atoms with Gasteiger partial charge in [-0.05, 0) is 38.1 Å². The average Bonchev–Trinajstić information content (AvgIpc) is 2.93. The number of benzene rings is 1. The lowest BCUT2D eigenvalue weighted by Crippen LogP contribution is -2.48. The monoisotopic (exact) mass is 349 g/mol. The summed E-state index contributed by atoms with van der Waals surface area (Å²) in [5.41, 5.74) is 2.65. The standard InChI is InChI=1S/C17H23N3O3S/c1-4-19-9-11-20(12-10-19)24(21,22)16-7-5-15(6-8-16)17-13(2)18-23-14(17)3/h5-8H,4,9-12H2,1-3H3. The predicted octanol–water partition coefficient (Wildman–Crippen LogP) is 2.28. The number of nitrogens with zero attached hydrogens (tertiary/aromatic N) is 3. The molecule has 0 spiro atoms. The fourth-order valence-corrected chi connectivity index (χ4v) is 4.55. The molecule has 2 heterocycles. The highest BCUT2D eigenvalue weighted by Crippen LogP contribution is 2.28. The van der Waals surface area contributed by atoms with Crippen molar-refractivity contribution in [2.75, 3.05) is 32.7 Å². The van der Waals surface area contributed by atoms with Crippen molar-refractivity contribution in [3.63, 3.8) is 0 Å². The molecule has 0 amide bonds. The Morgan fingerprint density at radius 2 is 1.71 bits per heavy atom. The van der Waals surface area contributed by atoms with Crippen LogP contribution < -0.4 is 0 Å². The fraction of sp³-hybridized carbons (Fsp3) is 0.471. The third kappa shape index (κ3) is 3.11. The first-order valence-electron chi connectivity index (χ1n) is 8.19. The van der Waals surface area contributed by atoms with Crippen LogP contribution in [0.1, 0.15) is 18.4 Å². The minimum absolute atomic E-state index is 0.336. The third-order valence-electron chi connectivity index (χ3n) is 4.59. The maximum Gasteiger partial charge on any atom is 0.243 e. The van der Waals surface area contributed by atoms with Gasteiger partial charge in [0, 0.05) is 31.7 Å². The summed E-state index contributed by atoms with van der Waals surface area (Å²) in [5.74, 6) is 0.735. The van der Waals surface area contributed by atoms with Crippen molar-refractivity contribution in [3.8, 4) is 11.1 Å². The van der Waals surface area contributed by atoms with Gasteiger partial charge in [0.25, 0.3) is 0 Å². The number of sulfonamides is 1. The Bertz CT molecular complexity index is 785. The molecule has 2 aromatic rings. The Balaban J connectivity index is 1.83. The summed E-state index contributed by atoms with van der Waals surface area (Å²) in [5, 5.41) is 3.95. The molecular weight excluding hydrogens is 326 g/mol. The molecule has 0 unspecified atom stereocenters. The van der Waals surface area contributed by atoms with Crippen LogP contribution >= 0.6 is 0 Å². The van der Waals surface area contributed by atoms with Crippen molar-refractivity contribution in [3.05, 3.63) is 35.7 Å². The molecule has 24 heavy (non-hydrogen) atoms. The van der Waals surface area contributed by atoms with E-state index in [9.17, 15) is 8.42 Å². The van der Waals surface area contributed by atoms with E-state index in [1.54, 1.807) is 16.4 Å². The van der Waals surface area contributed by atoms with Gasteiger partial charge in [0.1, 0.15) is 5.76 Å². The summed E-state index contributed by atoms with van der Waals surface area (Å²) in [6, 6.07) is 6.98. The highest BCUT2D eigenvalue weighted by molar-refractivity contribution is 7.89. The van der Waals surface area contributed by atoms with Crippen LogP contribution in [0.25, 0.3) is 11.1 Å². The summed E-state index contributed by atoms with van der Waals surface area (Å²) in [4.78, 5) is 2.59. The molecule has 3 rings (SSSR count). The zero-order valence-electron chi connectivity index (χ0n) is 14.3. The van der Waals surface area contributed by atoms with E-state index in [-0.39, 0.29) is 0 Å². The molecular formula is C17H23N3O3S. The normalized spacial score (nSPS) is 17.3.